The van der Waals surface area contributed by atoms with Crippen LogP contribution in [0.3, 0.4) is 0 Å². The van der Waals surface area contributed by atoms with E-state index in [0.29, 0.717) is 0 Å². The Kier molecular flexibility index (Phi) is 3.92. The Balaban J connectivity index is 3.29. The van der Waals surface area contributed by atoms with Crippen molar-refractivity contribution >= 4 is 11.6 Å². The molecule has 0 saturated heterocycles. The Labute approximate surface area is 55.9 Å². The minimum atomic E-state index is 0.860. The van der Waals surface area contributed by atoms with Crippen LogP contribution in [0, 0.1) is 0 Å². The van der Waals surface area contributed by atoms with Crippen LogP contribution in [0.25, 0.3) is 0 Å². The lowest BCUT2D eigenvalue weighted by Crippen LogP contribution is -2.10. The summed E-state index contributed by atoms with van der Waals surface area (Å²) in [6.45, 7) is 2.81. The van der Waals surface area contributed by atoms with E-state index < -0.39 is 0 Å². The highest BCUT2D eigenvalue weighted by Crippen LogP contribution is 1.96. The van der Waals surface area contributed by atoms with Crippen LogP contribution in [-0.2, 0) is 0 Å². The zero-order chi connectivity index (χ0) is 6.57. The van der Waals surface area contributed by atoms with E-state index in [9.17, 15) is 0 Å². The summed E-state index contributed by atoms with van der Waals surface area (Å²) in [5.41, 5.74) is 0. The lowest BCUT2D eigenvalue weighted by molar-refractivity contribution is 0.456. The first kappa shape index (κ1) is 7.99. The second kappa shape index (κ2) is 3.93. The average molecular weight is 134 g/mol. The fourth-order valence-corrected chi connectivity index (χ4v) is 0.377. The Hall–Kier alpha value is -0.0100. The van der Waals surface area contributed by atoms with Crippen molar-refractivity contribution in [2.75, 3.05) is 20.6 Å². The molecule has 0 aliphatic carbocycles. The second-order valence-corrected chi connectivity index (χ2v) is 2.65. The van der Waals surface area contributed by atoms with Crippen LogP contribution < -0.4 is 0 Å². The van der Waals surface area contributed by atoms with E-state index in [1.807, 2.05) is 27.1 Å². The van der Waals surface area contributed by atoms with Crippen LogP contribution in [0.2, 0.25) is 0 Å². The van der Waals surface area contributed by atoms with E-state index in [1.165, 1.54) is 0 Å². The predicted molar refractivity (Wildman–Crippen MR) is 38.2 cm³/mol. The van der Waals surface area contributed by atoms with Gasteiger partial charge in [-0.1, -0.05) is 17.7 Å². The fourth-order valence-electron chi connectivity index (χ4n) is 0.308. The molecule has 0 bridgehead atoms. The van der Waals surface area contributed by atoms with Gasteiger partial charge in [-0.15, -0.1) is 0 Å². The minimum Gasteiger partial charge on any atom is -0.306 e. The molecule has 48 valence electrons. The number of halogens is 1. The molecule has 0 aromatic heterocycles. The summed E-state index contributed by atoms with van der Waals surface area (Å²) >= 11 is 5.56. The zero-order valence-corrected chi connectivity index (χ0v) is 6.37. The Bertz CT molecular complexity index is 82.5. The molecule has 0 aliphatic heterocycles. The molecule has 0 N–H and O–H groups in total. The van der Waals surface area contributed by atoms with Gasteiger partial charge < -0.3 is 4.90 Å². The van der Waals surface area contributed by atoms with Gasteiger partial charge in [-0.05, 0) is 21.0 Å². The van der Waals surface area contributed by atoms with Crippen molar-refractivity contribution in [3.63, 3.8) is 0 Å². The summed E-state index contributed by atoms with van der Waals surface area (Å²) in [5, 5.41) is 0.860. The highest BCUT2D eigenvalue weighted by atomic mass is 35.5. The molecule has 0 fully saturated rings. The Morgan fingerprint density at radius 3 is 2.25 bits per heavy atom. The predicted octanol–water partition coefficient (Wildman–Crippen LogP) is 1.69. The summed E-state index contributed by atoms with van der Waals surface area (Å²) < 4.78 is 0. The van der Waals surface area contributed by atoms with Crippen LogP contribution in [0.5, 0.6) is 0 Å². The number of nitrogens with zero attached hydrogens (tertiary/aromatic N) is 1. The van der Waals surface area contributed by atoms with Crippen molar-refractivity contribution in [1.82, 2.24) is 4.90 Å². The maximum atomic E-state index is 5.56. The van der Waals surface area contributed by atoms with Gasteiger partial charge in [0.1, 0.15) is 0 Å². The van der Waals surface area contributed by atoms with Crippen molar-refractivity contribution in [3.05, 3.63) is 11.1 Å². The summed E-state index contributed by atoms with van der Waals surface area (Å²) in [4.78, 5) is 2.06. The van der Waals surface area contributed by atoms with Crippen molar-refractivity contribution in [2.45, 2.75) is 6.92 Å². The number of hydrogen-bond donors (Lipinski definition) is 0. The quantitative estimate of drug-likeness (QED) is 0.554. The monoisotopic (exact) mass is 133 g/mol. The molecule has 0 rings (SSSR count). The number of rotatable bonds is 2. The third kappa shape index (κ3) is 5.99. The van der Waals surface area contributed by atoms with Crippen LogP contribution in [0.4, 0.5) is 0 Å². The van der Waals surface area contributed by atoms with Gasteiger partial charge in [0.05, 0.1) is 0 Å². The van der Waals surface area contributed by atoms with Gasteiger partial charge in [0, 0.05) is 11.6 Å². The van der Waals surface area contributed by atoms with Crippen LogP contribution in [-0.4, -0.2) is 25.5 Å². The molecular formula is C6H12ClN. The smallest absolute Gasteiger partial charge is 0.0171 e. The topological polar surface area (TPSA) is 3.24 Å². The Morgan fingerprint density at radius 1 is 1.62 bits per heavy atom. The lowest BCUT2D eigenvalue weighted by Gasteiger charge is -2.03. The Morgan fingerprint density at radius 2 is 2.12 bits per heavy atom. The largest absolute Gasteiger partial charge is 0.306 e. The first-order valence-corrected chi connectivity index (χ1v) is 2.97. The fraction of sp³-hybridized carbons (Fsp3) is 0.667. The molecule has 0 atom stereocenters. The second-order valence-electron chi connectivity index (χ2n) is 2.05. The van der Waals surface area contributed by atoms with Crippen molar-refractivity contribution < 1.29 is 0 Å². The number of likely N-dealkylation sites (N-methyl/N-ethyl adjacent to an activating group) is 1. The first-order chi connectivity index (χ1) is 3.63. The SMILES string of the molecule is C/C(Cl)=C/CN(C)C. The summed E-state index contributed by atoms with van der Waals surface area (Å²) in [7, 11) is 4.02. The third-order valence-corrected chi connectivity index (χ3v) is 0.892. The molecule has 0 aromatic rings. The van der Waals surface area contributed by atoms with Crippen LogP contribution in [0.15, 0.2) is 11.1 Å². The molecule has 0 spiro atoms. The van der Waals surface area contributed by atoms with E-state index in [0.717, 1.165) is 11.6 Å². The molecule has 0 aliphatic rings. The average Bonchev–Trinajstić information content (AvgIpc) is 1.61. The molecule has 8 heavy (non-hydrogen) atoms. The normalized spacial score (nSPS) is 12.9. The molecule has 1 nitrogen and oxygen atoms in total. The molecule has 0 saturated carbocycles. The van der Waals surface area contributed by atoms with E-state index in [2.05, 4.69) is 4.90 Å². The van der Waals surface area contributed by atoms with E-state index >= 15 is 0 Å². The van der Waals surface area contributed by atoms with Gasteiger partial charge in [-0.2, -0.15) is 0 Å². The third-order valence-electron chi connectivity index (χ3n) is 0.738. The van der Waals surface area contributed by atoms with Gasteiger partial charge in [-0.25, -0.2) is 0 Å². The van der Waals surface area contributed by atoms with Crippen molar-refractivity contribution in [3.8, 4) is 0 Å². The van der Waals surface area contributed by atoms with Gasteiger partial charge in [-0.3, -0.25) is 0 Å². The summed E-state index contributed by atoms with van der Waals surface area (Å²) in [5.74, 6) is 0. The maximum absolute atomic E-state index is 5.56. The maximum Gasteiger partial charge on any atom is 0.0171 e. The van der Waals surface area contributed by atoms with Gasteiger partial charge in [0.2, 0.25) is 0 Å². The summed E-state index contributed by atoms with van der Waals surface area (Å²) in [6.07, 6.45) is 1.97. The molecule has 0 aromatic carbocycles. The van der Waals surface area contributed by atoms with E-state index in [-0.39, 0.29) is 0 Å². The molecule has 0 amide bonds. The minimum absolute atomic E-state index is 0.860. The van der Waals surface area contributed by atoms with E-state index in [4.69, 9.17) is 11.6 Å². The molecular weight excluding hydrogens is 122 g/mol. The van der Waals surface area contributed by atoms with Crippen molar-refractivity contribution in [1.29, 1.82) is 0 Å². The number of allylic oxidation sites excluding steroid dienone is 1. The van der Waals surface area contributed by atoms with Gasteiger partial charge in [0.15, 0.2) is 0 Å². The highest BCUT2D eigenvalue weighted by Gasteiger charge is 1.82. The van der Waals surface area contributed by atoms with Crippen LogP contribution >= 0.6 is 11.6 Å². The molecule has 0 unspecified atom stereocenters. The van der Waals surface area contributed by atoms with Crippen molar-refractivity contribution in [2.24, 2.45) is 0 Å². The first-order valence-electron chi connectivity index (χ1n) is 2.60. The standard InChI is InChI=1S/C6H12ClN/c1-6(7)4-5-8(2)3/h4H,5H2,1-3H3/b6-4-. The molecule has 0 radical (unpaired) electrons. The zero-order valence-electron chi connectivity index (χ0n) is 5.61. The van der Waals surface area contributed by atoms with Crippen LogP contribution in [0.1, 0.15) is 6.92 Å². The van der Waals surface area contributed by atoms with Gasteiger partial charge >= 0.3 is 0 Å². The van der Waals surface area contributed by atoms with Gasteiger partial charge in [0.25, 0.3) is 0 Å². The highest BCUT2D eigenvalue weighted by molar-refractivity contribution is 6.29. The number of hydrogen-bond acceptors (Lipinski definition) is 1. The lowest BCUT2D eigenvalue weighted by atomic mass is 10.5. The molecule has 0 heterocycles. The molecule has 2 heteroatoms. The summed E-state index contributed by atoms with van der Waals surface area (Å²) in [6, 6.07) is 0. The van der Waals surface area contributed by atoms with E-state index in [1.54, 1.807) is 0 Å².